The van der Waals surface area contributed by atoms with Gasteiger partial charge >= 0.3 is 0 Å². The van der Waals surface area contributed by atoms with Crippen molar-refractivity contribution in [1.29, 1.82) is 0 Å². The minimum Gasteiger partial charge on any atom is -0.388 e. The Morgan fingerprint density at radius 1 is 1.35 bits per heavy atom. The summed E-state index contributed by atoms with van der Waals surface area (Å²) in [6.07, 6.45) is -2.05. The van der Waals surface area contributed by atoms with Crippen LogP contribution >= 0.6 is 0 Å². The molecule has 1 aliphatic rings. The van der Waals surface area contributed by atoms with Crippen LogP contribution in [0.3, 0.4) is 0 Å². The molecule has 5 atom stereocenters. The largest absolute Gasteiger partial charge is 0.388 e. The van der Waals surface area contributed by atoms with Crippen LogP contribution in [0.1, 0.15) is 13.8 Å². The first-order chi connectivity index (χ1) is 8.11. The van der Waals surface area contributed by atoms with E-state index in [1.807, 2.05) is 13.8 Å². The summed E-state index contributed by atoms with van der Waals surface area (Å²) in [6, 6.07) is -0.789. The monoisotopic (exact) mass is 248 g/mol. The number of hydrogen-bond donors (Lipinski definition) is 4. The smallest absolute Gasteiger partial charge is 0.176 e. The zero-order chi connectivity index (χ0) is 13.4. The molecule has 0 bridgehead atoms. The maximum absolute atomic E-state index is 9.60. The van der Waals surface area contributed by atoms with E-state index in [-0.39, 0.29) is 13.2 Å². The van der Waals surface area contributed by atoms with E-state index in [1.165, 1.54) is 0 Å². The highest BCUT2D eigenvalue weighted by Gasteiger charge is 2.42. The molecule has 1 rings (SSSR count). The Labute approximate surface area is 102 Å². The summed E-state index contributed by atoms with van der Waals surface area (Å²) in [5.41, 5.74) is 11.0. The summed E-state index contributed by atoms with van der Waals surface area (Å²) >= 11 is 0. The molecule has 0 saturated carbocycles. The Bertz CT molecular complexity index is 214. The van der Waals surface area contributed by atoms with Gasteiger partial charge in [-0.25, -0.2) is 0 Å². The van der Waals surface area contributed by atoms with Crippen LogP contribution in [0.5, 0.6) is 0 Å². The lowest BCUT2D eigenvalue weighted by molar-refractivity contribution is -0.253. The lowest BCUT2D eigenvalue weighted by atomic mass is 9.97. The molecule has 0 spiro atoms. The maximum Gasteiger partial charge on any atom is 0.176 e. The van der Waals surface area contributed by atoms with Gasteiger partial charge in [0.05, 0.1) is 12.6 Å². The highest BCUT2D eigenvalue weighted by molar-refractivity contribution is 4.92. The molecule has 1 saturated heterocycles. The summed E-state index contributed by atoms with van der Waals surface area (Å²) in [5, 5.41) is 19.1. The van der Waals surface area contributed by atoms with E-state index >= 15 is 0 Å². The standard InChI is InChI=1S/C9H18N2O4.C2H6/c1-2-3-14-9-6(11)8(13)7(12)5(4-10)15-9;1-2/h2,5-9,12-13H,1,3-4,10-11H2;1-2H3. The second-order valence-electron chi connectivity index (χ2n) is 3.46. The molecule has 0 aromatic rings. The van der Waals surface area contributed by atoms with Crippen LogP contribution in [0, 0.1) is 0 Å². The van der Waals surface area contributed by atoms with Crippen LogP contribution in [-0.2, 0) is 9.47 Å². The number of aliphatic hydroxyl groups excluding tert-OH is 2. The average molecular weight is 248 g/mol. The van der Waals surface area contributed by atoms with Gasteiger partial charge in [0.25, 0.3) is 0 Å². The van der Waals surface area contributed by atoms with Gasteiger partial charge < -0.3 is 31.2 Å². The first-order valence-electron chi connectivity index (χ1n) is 5.81. The van der Waals surface area contributed by atoms with Gasteiger partial charge in [-0.1, -0.05) is 19.9 Å². The summed E-state index contributed by atoms with van der Waals surface area (Å²) < 4.78 is 10.5. The maximum atomic E-state index is 9.60. The quantitative estimate of drug-likeness (QED) is 0.472. The highest BCUT2D eigenvalue weighted by Crippen LogP contribution is 2.20. The van der Waals surface area contributed by atoms with E-state index in [9.17, 15) is 10.2 Å². The molecule has 0 aromatic carbocycles. The van der Waals surface area contributed by atoms with E-state index in [4.69, 9.17) is 20.9 Å². The average Bonchev–Trinajstić information content (AvgIpc) is 2.38. The predicted octanol–water partition coefficient (Wildman–Crippen LogP) is -1.05. The fourth-order valence-electron chi connectivity index (χ4n) is 1.46. The lowest BCUT2D eigenvalue weighted by Gasteiger charge is -2.40. The summed E-state index contributed by atoms with van der Waals surface area (Å²) in [6.45, 7) is 7.84. The van der Waals surface area contributed by atoms with Crippen molar-refractivity contribution in [1.82, 2.24) is 0 Å². The Hall–Kier alpha value is -0.500. The topological polar surface area (TPSA) is 111 Å². The van der Waals surface area contributed by atoms with Crippen molar-refractivity contribution in [3.63, 3.8) is 0 Å². The fraction of sp³-hybridized carbons (Fsp3) is 0.818. The molecule has 1 fully saturated rings. The number of ether oxygens (including phenoxy) is 2. The Morgan fingerprint density at radius 2 is 1.94 bits per heavy atom. The zero-order valence-corrected chi connectivity index (χ0v) is 10.5. The molecule has 6 N–H and O–H groups in total. The van der Waals surface area contributed by atoms with Gasteiger partial charge in [0.2, 0.25) is 0 Å². The summed E-state index contributed by atoms with van der Waals surface area (Å²) in [5.74, 6) is 0. The van der Waals surface area contributed by atoms with Crippen LogP contribution in [0.25, 0.3) is 0 Å². The van der Waals surface area contributed by atoms with Crippen LogP contribution in [0.2, 0.25) is 0 Å². The van der Waals surface area contributed by atoms with E-state index in [0.717, 1.165) is 0 Å². The third-order valence-electron chi connectivity index (χ3n) is 2.36. The molecule has 102 valence electrons. The molecule has 6 heteroatoms. The Kier molecular flexibility index (Phi) is 8.32. The van der Waals surface area contributed by atoms with Gasteiger partial charge in [-0.2, -0.15) is 0 Å². The molecule has 0 aliphatic carbocycles. The normalized spacial score (nSPS) is 36.9. The second-order valence-corrected chi connectivity index (χ2v) is 3.46. The van der Waals surface area contributed by atoms with E-state index < -0.39 is 30.6 Å². The van der Waals surface area contributed by atoms with Gasteiger partial charge in [-0.05, 0) is 0 Å². The molecular formula is C11H24N2O4. The number of hydrogen-bond acceptors (Lipinski definition) is 6. The summed E-state index contributed by atoms with van der Waals surface area (Å²) in [7, 11) is 0. The van der Waals surface area contributed by atoms with Crippen LogP contribution in [-0.4, -0.2) is 54.0 Å². The molecule has 0 radical (unpaired) electrons. The first kappa shape index (κ1) is 16.5. The molecule has 5 unspecified atom stereocenters. The van der Waals surface area contributed by atoms with E-state index in [0.29, 0.717) is 0 Å². The van der Waals surface area contributed by atoms with Crippen molar-refractivity contribution in [3.05, 3.63) is 12.7 Å². The molecule has 1 aliphatic heterocycles. The minimum absolute atomic E-state index is 0.0961. The molecule has 0 aromatic heterocycles. The van der Waals surface area contributed by atoms with Crippen molar-refractivity contribution >= 4 is 0 Å². The molecule has 0 amide bonds. The number of nitrogens with two attached hydrogens (primary N) is 2. The molecule has 17 heavy (non-hydrogen) atoms. The van der Waals surface area contributed by atoms with Gasteiger partial charge in [0.1, 0.15) is 18.3 Å². The van der Waals surface area contributed by atoms with Crippen LogP contribution in [0.4, 0.5) is 0 Å². The van der Waals surface area contributed by atoms with Gasteiger partial charge in [-0.3, -0.25) is 0 Å². The van der Waals surface area contributed by atoms with Crippen molar-refractivity contribution in [2.45, 2.75) is 44.5 Å². The SMILES string of the molecule is C=CCOC1OC(CN)C(O)C(O)C1N.CC. The predicted molar refractivity (Wildman–Crippen MR) is 65.2 cm³/mol. The van der Waals surface area contributed by atoms with Crippen molar-refractivity contribution < 1.29 is 19.7 Å². The zero-order valence-electron chi connectivity index (χ0n) is 10.5. The third kappa shape index (κ3) is 4.34. The Morgan fingerprint density at radius 3 is 2.41 bits per heavy atom. The van der Waals surface area contributed by atoms with Gasteiger partial charge in [-0.15, -0.1) is 6.58 Å². The fourth-order valence-corrected chi connectivity index (χ4v) is 1.46. The van der Waals surface area contributed by atoms with Crippen LogP contribution < -0.4 is 11.5 Å². The molecule has 6 nitrogen and oxygen atoms in total. The van der Waals surface area contributed by atoms with Gasteiger partial charge in [0.15, 0.2) is 6.29 Å². The second kappa shape index (κ2) is 8.57. The first-order valence-corrected chi connectivity index (χ1v) is 5.81. The molecule has 1 heterocycles. The van der Waals surface area contributed by atoms with Crippen LogP contribution in [0.15, 0.2) is 12.7 Å². The van der Waals surface area contributed by atoms with Crippen molar-refractivity contribution in [3.8, 4) is 0 Å². The van der Waals surface area contributed by atoms with Crippen molar-refractivity contribution in [2.24, 2.45) is 11.5 Å². The van der Waals surface area contributed by atoms with E-state index in [2.05, 4.69) is 6.58 Å². The molecular weight excluding hydrogens is 224 g/mol. The van der Waals surface area contributed by atoms with Crippen molar-refractivity contribution in [2.75, 3.05) is 13.2 Å². The summed E-state index contributed by atoms with van der Waals surface area (Å²) in [4.78, 5) is 0. The third-order valence-corrected chi connectivity index (χ3v) is 2.36. The number of rotatable bonds is 4. The Balaban J connectivity index is 0.00000121. The lowest BCUT2D eigenvalue weighted by Crippen LogP contribution is -2.63. The van der Waals surface area contributed by atoms with Gasteiger partial charge in [0, 0.05) is 6.54 Å². The number of aliphatic hydroxyl groups is 2. The van der Waals surface area contributed by atoms with E-state index in [1.54, 1.807) is 6.08 Å². The minimum atomic E-state index is -1.10. The highest BCUT2D eigenvalue weighted by atomic mass is 16.7.